The molecule has 0 unspecified atom stereocenters. The summed E-state index contributed by atoms with van der Waals surface area (Å²) >= 11 is 0. The van der Waals surface area contributed by atoms with Crippen LogP contribution in [-0.4, -0.2) is 47.8 Å². The summed E-state index contributed by atoms with van der Waals surface area (Å²) in [5.41, 5.74) is 0.748. The maximum atomic E-state index is 12.5. The first kappa shape index (κ1) is 13.2. The molecule has 2 heterocycles. The van der Waals surface area contributed by atoms with Crippen molar-refractivity contribution in [3.05, 3.63) is 23.8 Å². The van der Waals surface area contributed by atoms with E-state index >= 15 is 0 Å². The highest BCUT2D eigenvalue weighted by Crippen LogP contribution is 2.34. The van der Waals surface area contributed by atoms with Crippen molar-refractivity contribution in [3.63, 3.8) is 0 Å². The van der Waals surface area contributed by atoms with Crippen LogP contribution >= 0.6 is 0 Å². The Labute approximate surface area is 118 Å². The zero-order chi connectivity index (χ0) is 14.2. The summed E-state index contributed by atoms with van der Waals surface area (Å²) in [5, 5.41) is 13.4. The van der Waals surface area contributed by atoms with Crippen molar-refractivity contribution in [2.75, 3.05) is 31.6 Å². The molecular formula is C15H20N2O3. The number of amides is 1. The number of benzene rings is 1. The van der Waals surface area contributed by atoms with Gasteiger partial charge in [-0.15, -0.1) is 0 Å². The number of hydrogen-bond acceptors (Lipinski definition) is 4. The van der Waals surface area contributed by atoms with E-state index in [9.17, 15) is 9.90 Å². The summed E-state index contributed by atoms with van der Waals surface area (Å²) < 4.78 is 5.62. The molecule has 1 amide bonds. The van der Waals surface area contributed by atoms with E-state index < -0.39 is 5.60 Å². The first-order valence-electron chi connectivity index (χ1n) is 7.14. The van der Waals surface area contributed by atoms with E-state index in [1.807, 2.05) is 19.1 Å². The van der Waals surface area contributed by atoms with Crippen molar-refractivity contribution >= 4 is 11.6 Å². The maximum absolute atomic E-state index is 12.5. The maximum Gasteiger partial charge on any atom is 0.257 e. The lowest BCUT2D eigenvalue weighted by Crippen LogP contribution is -2.63. The number of carbonyl (C=O) groups excluding carboxylic acids is 1. The average Bonchev–Trinajstić information content (AvgIpc) is 2.43. The predicted molar refractivity (Wildman–Crippen MR) is 76.2 cm³/mol. The van der Waals surface area contributed by atoms with Crippen LogP contribution in [0.4, 0.5) is 5.69 Å². The van der Waals surface area contributed by atoms with Gasteiger partial charge in [-0.25, -0.2) is 0 Å². The third-order valence-electron chi connectivity index (χ3n) is 3.88. The summed E-state index contributed by atoms with van der Waals surface area (Å²) in [6.07, 6.45) is 1.66. The molecule has 20 heavy (non-hydrogen) atoms. The highest BCUT2D eigenvalue weighted by atomic mass is 16.5. The molecule has 3 rings (SSSR count). The SMILES string of the molecule is CCCC1(O)CN(C(=O)c2cccc3c2OCCN3)C1. The number of nitrogens with one attached hydrogen (secondary N) is 1. The van der Waals surface area contributed by atoms with E-state index in [1.165, 1.54) is 0 Å². The van der Waals surface area contributed by atoms with Gasteiger partial charge in [0.25, 0.3) is 5.91 Å². The Morgan fingerprint density at radius 3 is 3.05 bits per heavy atom. The summed E-state index contributed by atoms with van der Waals surface area (Å²) in [5.74, 6) is 0.570. The molecule has 1 aromatic carbocycles. The molecule has 1 saturated heterocycles. The third-order valence-corrected chi connectivity index (χ3v) is 3.88. The standard InChI is InChI=1S/C15H20N2O3/c1-2-6-15(19)9-17(10-15)14(18)11-4-3-5-12-13(11)20-8-7-16-12/h3-5,16,19H,2,6-10H2,1H3. The van der Waals surface area contributed by atoms with Crippen molar-refractivity contribution in [2.45, 2.75) is 25.4 Å². The smallest absolute Gasteiger partial charge is 0.257 e. The summed E-state index contributed by atoms with van der Waals surface area (Å²) in [4.78, 5) is 14.2. The zero-order valence-electron chi connectivity index (χ0n) is 11.7. The molecule has 1 fully saturated rings. The molecular weight excluding hydrogens is 256 g/mol. The van der Waals surface area contributed by atoms with Crippen LogP contribution in [0, 0.1) is 0 Å². The van der Waals surface area contributed by atoms with Crippen LogP contribution < -0.4 is 10.1 Å². The molecule has 0 bridgehead atoms. The normalized spacial score (nSPS) is 19.4. The van der Waals surface area contributed by atoms with E-state index in [0.717, 1.165) is 25.1 Å². The molecule has 1 aromatic rings. The first-order chi connectivity index (χ1) is 9.63. The van der Waals surface area contributed by atoms with Gasteiger partial charge < -0.3 is 20.1 Å². The van der Waals surface area contributed by atoms with Gasteiger partial charge in [-0.3, -0.25) is 4.79 Å². The fourth-order valence-electron chi connectivity index (χ4n) is 2.94. The van der Waals surface area contributed by atoms with Gasteiger partial charge in [-0.05, 0) is 18.6 Å². The second-order valence-electron chi connectivity index (χ2n) is 5.59. The van der Waals surface area contributed by atoms with Crippen molar-refractivity contribution in [1.82, 2.24) is 4.90 Å². The number of aliphatic hydroxyl groups is 1. The Kier molecular flexibility index (Phi) is 3.30. The summed E-state index contributed by atoms with van der Waals surface area (Å²) in [6.45, 7) is 4.19. The highest BCUT2D eigenvalue weighted by Gasteiger charge is 2.43. The fourth-order valence-corrected chi connectivity index (χ4v) is 2.94. The molecule has 0 saturated carbocycles. The van der Waals surface area contributed by atoms with Crippen LogP contribution in [0.25, 0.3) is 0 Å². The van der Waals surface area contributed by atoms with Gasteiger partial charge in [0.05, 0.1) is 29.9 Å². The predicted octanol–water partition coefficient (Wildman–Crippen LogP) is 1.48. The number of fused-ring (bicyclic) bond motifs is 1. The van der Waals surface area contributed by atoms with Crippen molar-refractivity contribution in [1.29, 1.82) is 0 Å². The molecule has 0 radical (unpaired) electrons. The van der Waals surface area contributed by atoms with Crippen molar-refractivity contribution in [2.24, 2.45) is 0 Å². The van der Waals surface area contributed by atoms with Gasteiger partial charge in [0.15, 0.2) is 5.75 Å². The number of carbonyl (C=O) groups is 1. The number of β-amino-alcohol motifs (C(OH)–C–C–N with tert-alkyl or cyclic N) is 1. The molecule has 0 aromatic heterocycles. The monoisotopic (exact) mass is 276 g/mol. The zero-order valence-corrected chi connectivity index (χ0v) is 11.7. The number of para-hydroxylation sites is 1. The number of likely N-dealkylation sites (tertiary alicyclic amines) is 1. The van der Waals surface area contributed by atoms with E-state index in [1.54, 1.807) is 11.0 Å². The first-order valence-corrected chi connectivity index (χ1v) is 7.14. The van der Waals surface area contributed by atoms with E-state index in [0.29, 0.717) is 31.0 Å². The van der Waals surface area contributed by atoms with Gasteiger partial charge in [-0.1, -0.05) is 19.4 Å². The Morgan fingerprint density at radius 1 is 1.50 bits per heavy atom. The minimum absolute atomic E-state index is 0.0636. The molecule has 0 atom stereocenters. The summed E-state index contributed by atoms with van der Waals surface area (Å²) in [6, 6.07) is 5.55. The highest BCUT2D eigenvalue weighted by molar-refractivity contribution is 5.99. The van der Waals surface area contributed by atoms with E-state index in [-0.39, 0.29) is 5.91 Å². The van der Waals surface area contributed by atoms with Gasteiger partial charge in [0.2, 0.25) is 0 Å². The molecule has 2 aliphatic rings. The number of anilines is 1. The van der Waals surface area contributed by atoms with Crippen LogP contribution in [0.15, 0.2) is 18.2 Å². The van der Waals surface area contributed by atoms with Crippen molar-refractivity contribution in [3.8, 4) is 5.75 Å². The van der Waals surface area contributed by atoms with Crippen LogP contribution in [0.2, 0.25) is 0 Å². The van der Waals surface area contributed by atoms with Crippen LogP contribution in [0.3, 0.4) is 0 Å². The van der Waals surface area contributed by atoms with Crippen LogP contribution in [0.5, 0.6) is 5.75 Å². The van der Waals surface area contributed by atoms with Crippen LogP contribution in [-0.2, 0) is 0 Å². The second kappa shape index (κ2) is 4.98. The minimum Gasteiger partial charge on any atom is -0.489 e. The minimum atomic E-state index is -0.696. The second-order valence-corrected chi connectivity index (χ2v) is 5.59. The Morgan fingerprint density at radius 2 is 2.30 bits per heavy atom. The Bertz CT molecular complexity index is 524. The molecule has 5 nitrogen and oxygen atoms in total. The van der Waals surface area contributed by atoms with Crippen LogP contribution in [0.1, 0.15) is 30.1 Å². The number of ether oxygens (including phenoxy) is 1. The molecule has 2 N–H and O–H groups in total. The fraction of sp³-hybridized carbons (Fsp3) is 0.533. The molecule has 2 aliphatic heterocycles. The van der Waals surface area contributed by atoms with Gasteiger partial charge >= 0.3 is 0 Å². The summed E-state index contributed by atoms with van der Waals surface area (Å²) in [7, 11) is 0. The van der Waals surface area contributed by atoms with Gasteiger partial charge in [0.1, 0.15) is 6.61 Å². The molecule has 0 aliphatic carbocycles. The molecule has 5 heteroatoms. The molecule has 108 valence electrons. The van der Waals surface area contributed by atoms with Gasteiger partial charge in [-0.2, -0.15) is 0 Å². The number of rotatable bonds is 3. The third kappa shape index (κ3) is 2.22. The lowest BCUT2D eigenvalue weighted by Gasteiger charge is -2.46. The van der Waals surface area contributed by atoms with E-state index in [4.69, 9.17) is 4.74 Å². The van der Waals surface area contributed by atoms with Crippen molar-refractivity contribution < 1.29 is 14.6 Å². The van der Waals surface area contributed by atoms with Gasteiger partial charge in [0, 0.05) is 6.54 Å². The lowest BCUT2D eigenvalue weighted by atomic mass is 9.88. The lowest BCUT2D eigenvalue weighted by molar-refractivity contribution is -0.0860. The number of hydrogen-bond donors (Lipinski definition) is 2. The van der Waals surface area contributed by atoms with E-state index in [2.05, 4.69) is 5.32 Å². The Hall–Kier alpha value is -1.75. The number of nitrogens with zero attached hydrogens (tertiary/aromatic N) is 1. The largest absolute Gasteiger partial charge is 0.489 e. The quantitative estimate of drug-likeness (QED) is 0.878. The molecule has 0 spiro atoms. The average molecular weight is 276 g/mol. The topological polar surface area (TPSA) is 61.8 Å². The Balaban J connectivity index is 1.76.